The highest BCUT2D eigenvalue weighted by atomic mass is 16.3. The Balaban J connectivity index is 2.19. The minimum atomic E-state index is -0.280. The van der Waals surface area contributed by atoms with Crippen LogP contribution in [-0.2, 0) is 0 Å². The van der Waals surface area contributed by atoms with Crippen molar-refractivity contribution in [1.29, 1.82) is 0 Å². The molecule has 2 rings (SSSR count). The van der Waals surface area contributed by atoms with Gasteiger partial charge in [-0.15, -0.1) is 0 Å². The van der Waals surface area contributed by atoms with Crippen LogP contribution in [0.15, 0.2) is 18.2 Å². The monoisotopic (exact) mass is 233 g/mol. The summed E-state index contributed by atoms with van der Waals surface area (Å²) < 4.78 is 0. The molecule has 1 aliphatic rings. The summed E-state index contributed by atoms with van der Waals surface area (Å²) in [7, 11) is 0. The van der Waals surface area contributed by atoms with Crippen LogP contribution in [-0.4, -0.2) is 17.8 Å². The fourth-order valence-electron chi connectivity index (χ4n) is 2.59. The zero-order chi connectivity index (χ0) is 12.6. The van der Waals surface area contributed by atoms with Gasteiger partial charge in [-0.25, -0.2) is 0 Å². The number of benzene rings is 1. The Labute approximate surface area is 104 Å². The molecule has 0 amide bonds. The van der Waals surface area contributed by atoms with Crippen molar-refractivity contribution in [3.05, 3.63) is 34.9 Å². The molecule has 2 nitrogen and oxygen atoms in total. The zero-order valence-electron chi connectivity index (χ0n) is 11.0. The molecule has 0 heterocycles. The minimum Gasteiger partial charge on any atom is -0.392 e. The van der Waals surface area contributed by atoms with E-state index in [4.69, 9.17) is 5.73 Å². The number of aliphatic hydroxyl groups excluding tert-OH is 1. The van der Waals surface area contributed by atoms with Gasteiger partial charge in [0.15, 0.2) is 0 Å². The molecule has 94 valence electrons. The van der Waals surface area contributed by atoms with Crippen molar-refractivity contribution < 1.29 is 5.11 Å². The molecule has 1 aliphatic carbocycles. The summed E-state index contributed by atoms with van der Waals surface area (Å²) in [6.45, 7) is 6.93. The maximum atomic E-state index is 10.4. The van der Waals surface area contributed by atoms with Gasteiger partial charge < -0.3 is 10.8 Å². The normalized spacial score (nSPS) is 26.6. The summed E-state index contributed by atoms with van der Waals surface area (Å²) in [6.07, 6.45) is 0.861. The van der Waals surface area contributed by atoms with Crippen LogP contribution < -0.4 is 5.73 Å². The molecule has 1 aromatic carbocycles. The molecule has 0 aromatic heterocycles. The van der Waals surface area contributed by atoms with Crippen molar-refractivity contribution in [3.8, 4) is 0 Å². The summed E-state index contributed by atoms with van der Waals surface area (Å²) in [5, 5.41) is 10.4. The SMILES string of the molecule is Cc1ccc(C(CN)C(O)C2CC2C)cc1C. The van der Waals surface area contributed by atoms with Gasteiger partial charge in [0.2, 0.25) is 0 Å². The van der Waals surface area contributed by atoms with E-state index in [0.29, 0.717) is 18.4 Å². The second-order valence-corrected chi connectivity index (χ2v) is 5.55. The lowest BCUT2D eigenvalue weighted by Gasteiger charge is -2.23. The number of aliphatic hydroxyl groups is 1. The maximum absolute atomic E-state index is 10.4. The van der Waals surface area contributed by atoms with Gasteiger partial charge in [-0.3, -0.25) is 0 Å². The fraction of sp³-hybridized carbons (Fsp3) is 0.600. The molecule has 0 spiro atoms. The maximum Gasteiger partial charge on any atom is 0.0651 e. The van der Waals surface area contributed by atoms with Gasteiger partial charge in [-0.2, -0.15) is 0 Å². The van der Waals surface area contributed by atoms with Crippen LogP contribution >= 0.6 is 0 Å². The molecule has 4 atom stereocenters. The Morgan fingerprint density at radius 3 is 2.47 bits per heavy atom. The molecule has 0 bridgehead atoms. The number of hydrogen-bond donors (Lipinski definition) is 2. The molecule has 2 heteroatoms. The first kappa shape index (κ1) is 12.6. The highest BCUT2D eigenvalue weighted by molar-refractivity contribution is 5.33. The number of aryl methyl sites for hydroxylation is 2. The summed E-state index contributed by atoms with van der Waals surface area (Å²) in [5.74, 6) is 1.19. The van der Waals surface area contributed by atoms with Crippen LogP contribution in [0.2, 0.25) is 0 Å². The summed E-state index contributed by atoms with van der Waals surface area (Å²) in [4.78, 5) is 0. The first-order valence-corrected chi connectivity index (χ1v) is 6.50. The van der Waals surface area contributed by atoms with E-state index in [1.165, 1.54) is 16.7 Å². The predicted molar refractivity (Wildman–Crippen MR) is 71.0 cm³/mol. The highest BCUT2D eigenvalue weighted by Crippen LogP contribution is 2.44. The molecule has 1 saturated carbocycles. The van der Waals surface area contributed by atoms with Gasteiger partial charge in [-0.05, 0) is 48.8 Å². The van der Waals surface area contributed by atoms with Crippen LogP contribution in [0, 0.1) is 25.7 Å². The number of nitrogens with two attached hydrogens (primary N) is 1. The van der Waals surface area contributed by atoms with Crippen molar-refractivity contribution in [2.45, 2.75) is 39.2 Å². The Morgan fingerprint density at radius 2 is 2.00 bits per heavy atom. The van der Waals surface area contributed by atoms with Gasteiger partial charge in [0.1, 0.15) is 0 Å². The van der Waals surface area contributed by atoms with Gasteiger partial charge in [0.05, 0.1) is 6.10 Å². The predicted octanol–water partition coefficient (Wildman–Crippen LogP) is 2.36. The Bertz CT molecular complexity index is 402. The fourth-order valence-corrected chi connectivity index (χ4v) is 2.59. The van der Waals surface area contributed by atoms with Crippen LogP contribution in [0.3, 0.4) is 0 Å². The molecule has 0 radical (unpaired) electrons. The zero-order valence-corrected chi connectivity index (χ0v) is 11.0. The summed E-state index contributed by atoms with van der Waals surface area (Å²) in [5.41, 5.74) is 9.59. The van der Waals surface area contributed by atoms with Gasteiger partial charge in [-0.1, -0.05) is 25.1 Å². The summed E-state index contributed by atoms with van der Waals surface area (Å²) in [6, 6.07) is 6.40. The third kappa shape index (κ3) is 2.53. The van der Waals surface area contributed by atoms with E-state index in [2.05, 4.69) is 39.0 Å². The van der Waals surface area contributed by atoms with Gasteiger partial charge >= 0.3 is 0 Å². The average molecular weight is 233 g/mol. The second-order valence-electron chi connectivity index (χ2n) is 5.55. The van der Waals surface area contributed by atoms with Crippen LogP contribution in [0.1, 0.15) is 36.0 Å². The van der Waals surface area contributed by atoms with Crippen molar-refractivity contribution in [2.75, 3.05) is 6.54 Å². The largest absolute Gasteiger partial charge is 0.392 e. The standard InChI is InChI=1S/C15H23NO/c1-9-4-5-12(6-10(9)2)14(8-16)15(17)13-7-11(13)3/h4-6,11,13-15,17H,7-8,16H2,1-3H3. The van der Waals surface area contributed by atoms with E-state index in [1.807, 2.05) is 0 Å². The van der Waals surface area contributed by atoms with Gasteiger partial charge in [0.25, 0.3) is 0 Å². The second kappa shape index (κ2) is 4.79. The van der Waals surface area contributed by atoms with Crippen LogP contribution in [0.5, 0.6) is 0 Å². The topological polar surface area (TPSA) is 46.2 Å². The Hall–Kier alpha value is -0.860. The molecule has 3 N–H and O–H groups in total. The summed E-state index contributed by atoms with van der Waals surface area (Å²) >= 11 is 0. The van der Waals surface area contributed by atoms with Gasteiger partial charge in [0, 0.05) is 12.5 Å². The Morgan fingerprint density at radius 1 is 1.35 bits per heavy atom. The van der Waals surface area contributed by atoms with Crippen molar-refractivity contribution in [1.82, 2.24) is 0 Å². The molecular formula is C15H23NO. The molecular weight excluding hydrogens is 210 g/mol. The third-order valence-corrected chi connectivity index (χ3v) is 4.24. The molecule has 1 aromatic rings. The van der Waals surface area contributed by atoms with E-state index in [-0.39, 0.29) is 12.0 Å². The van der Waals surface area contributed by atoms with Crippen LogP contribution in [0.4, 0.5) is 0 Å². The van der Waals surface area contributed by atoms with Crippen molar-refractivity contribution in [2.24, 2.45) is 17.6 Å². The van der Waals surface area contributed by atoms with E-state index in [1.54, 1.807) is 0 Å². The smallest absolute Gasteiger partial charge is 0.0651 e. The average Bonchev–Trinajstić information content (AvgIpc) is 3.01. The molecule has 17 heavy (non-hydrogen) atoms. The van der Waals surface area contributed by atoms with E-state index < -0.39 is 0 Å². The quantitative estimate of drug-likeness (QED) is 0.838. The molecule has 4 unspecified atom stereocenters. The van der Waals surface area contributed by atoms with E-state index in [9.17, 15) is 5.11 Å². The lowest BCUT2D eigenvalue weighted by molar-refractivity contribution is 0.118. The van der Waals surface area contributed by atoms with E-state index in [0.717, 1.165) is 6.42 Å². The lowest BCUT2D eigenvalue weighted by atomic mass is 9.88. The lowest BCUT2D eigenvalue weighted by Crippen LogP contribution is -2.28. The van der Waals surface area contributed by atoms with E-state index >= 15 is 0 Å². The first-order chi connectivity index (χ1) is 8.04. The first-order valence-electron chi connectivity index (χ1n) is 6.50. The Kier molecular flexibility index (Phi) is 3.55. The van der Waals surface area contributed by atoms with Crippen molar-refractivity contribution >= 4 is 0 Å². The van der Waals surface area contributed by atoms with Crippen molar-refractivity contribution in [3.63, 3.8) is 0 Å². The minimum absolute atomic E-state index is 0.0873. The number of hydrogen-bond acceptors (Lipinski definition) is 2. The highest BCUT2D eigenvalue weighted by Gasteiger charge is 2.42. The number of rotatable bonds is 4. The third-order valence-electron chi connectivity index (χ3n) is 4.24. The van der Waals surface area contributed by atoms with Crippen LogP contribution in [0.25, 0.3) is 0 Å². The molecule has 1 fully saturated rings. The molecule has 0 aliphatic heterocycles. The molecule has 0 saturated heterocycles.